The maximum atomic E-state index is 12.8. The number of allylic oxidation sites excluding steroid dienone is 18. The minimum Gasteiger partial charge on any atom is -0.462 e. The fourth-order valence-electron chi connectivity index (χ4n) is 7.11. The van der Waals surface area contributed by atoms with Crippen molar-refractivity contribution in [2.75, 3.05) is 13.2 Å². The SMILES string of the molecule is CC\C=C/C=C\C=C/C=C\C=C\C=C/C=C\CCCCCC(=O)OCC(COC(=O)CCCCCC/C=C\CCCC)OC(=O)CCCCCCCCC/C=C\CCCCCCCCCC. The van der Waals surface area contributed by atoms with E-state index in [4.69, 9.17) is 14.2 Å². The van der Waals surface area contributed by atoms with Crippen LogP contribution in [-0.2, 0) is 28.6 Å². The Bertz CT molecular complexity index is 1370. The maximum Gasteiger partial charge on any atom is 0.306 e. The van der Waals surface area contributed by atoms with Gasteiger partial charge in [0, 0.05) is 19.3 Å². The summed E-state index contributed by atoms with van der Waals surface area (Å²) in [6.45, 7) is 6.39. The number of unbranched alkanes of at least 4 members (excludes halogenated alkanes) is 24. The van der Waals surface area contributed by atoms with Crippen LogP contribution in [0.1, 0.15) is 233 Å². The second-order valence-corrected chi connectivity index (χ2v) is 17.6. The van der Waals surface area contributed by atoms with E-state index in [1.165, 1.54) is 103 Å². The first-order chi connectivity index (χ1) is 32.5. The predicted octanol–water partition coefficient (Wildman–Crippen LogP) is 17.9. The van der Waals surface area contributed by atoms with Crippen LogP contribution in [0.5, 0.6) is 0 Å². The first-order valence-electron chi connectivity index (χ1n) is 27.0. The molecule has 0 radical (unpaired) electrons. The minimum absolute atomic E-state index is 0.103. The van der Waals surface area contributed by atoms with Crippen molar-refractivity contribution in [3.8, 4) is 0 Å². The molecular weight excluding hydrogens is 817 g/mol. The van der Waals surface area contributed by atoms with Gasteiger partial charge in [-0.25, -0.2) is 0 Å². The molecule has 0 rings (SSSR count). The van der Waals surface area contributed by atoms with E-state index in [1.807, 2.05) is 72.9 Å². The van der Waals surface area contributed by atoms with Crippen molar-refractivity contribution >= 4 is 17.9 Å². The Hall–Kier alpha value is -3.93. The van der Waals surface area contributed by atoms with Gasteiger partial charge in [0.1, 0.15) is 13.2 Å². The summed E-state index contributed by atoms with van der Waals surface area (Å²) in [7, 11) is 0. The lowest BCUT2D eigenvalue weighted by Crippen LogP contribution is -2.30. The van der Waals surface area contributed by atoms with Gasteiger partial charge in [-0.1, -0.05) is 239 Å². The Morgan fingerprint density at radius 1 is 0.318 bits per heavy atom. The molecule has 1 unspecified atom stereocenters. The molecule has 6 heteroatoms. The highest BCUT2D eigenvalue weighted by Gasteiger charge is 2.19. The first-order valence-corrected chi connectivity index (χ1v) is 27.0. The molecule has 1 atom stereocenters. The monoisotopic (exact) mass is 915 g/mol. The molecule has 0 bridgehead atoms. The standard InChI is InChI=1S/C60H98O6/c1-4-7-10-13-16-19-22-24-26-28-30-32-34-36-38-41-44-47-50-53-59(62)65-56-57(55-64-58(61)52-49-46-43-40-21-18-15-12-9-6-3)66-60(63)54-51-48-45-42-39-37-35-33-31-29-27-25-23-20-17-14-11-8-5-2/h7,10,13,15-16,18-19,22,24,26,28-32,34,36,38,57H,4-6,8-9,11-12,14,17,20-21,23,25,27,33,35,37,39-56H2,1-3H3/b10-7-,16-13-,18-15-,22-19-,26-24-,30-28+,31-29-,34-32-,38-36-. The number of carbonyl (C=O) groups excluding carboxylic acids is 3. The highest BCUT2D eigenvalue weighted by atomic mass is 16.6. The van der Waals surface area contributed by atoms with Gasteiger partial charge >= 0.3 is 17.9 Å². The highest BCUT2D eigenvalue weighted by Crippen LogP contribution is 2.14. The fraction of sp³-hybridized carbons (Fsp3) is 0.650. The van der Waals surface area contributed by atoms with Crippen LogP contribution in [0.15, 0.2) is 109 Å². The Kier molecular flexibility index (Phi) is 50.5. The smallest absolute Gasteiger partial charge is 0.306 e. The van der Waals surface area contributed by atoms with Crippen LogP contribution >= 0.6 is 0 Å². The average Bonchev–Trinajstić information content (AvgIpc) is 3.31. The van der Waals surface area contributed by atoms with Gasteiger partial charge in [-0.15, -0.1) is 0 Å². The fourth-order valence-corrected chi connectivity index (χ4v) is 7.11. The Labute approximate surface area is 406 Å². The van der Waals surface area contributed by atoms with Crippen molar-refractivity contribution in [3.63, 3.8) is 0 Å². The molecule has 0 amide bonds. The maximum absolute atomic E-state index is 12.8. The number of carbonyl (C=O) groups is 3. The molecule has 0 aromatic rings. The van der Waals surface area contributed by atoms with Gasteiger partial charge in [-0.05, 0) is 83.5 Å². The molecule has 0 heterocycles. The van der Waals surface area contributed by atoms with Gasteiger partial charge in [-0.2, -0.15) is 0 Å². The lowest BCUT2D eigenvalue weighted by Gasteiger charge is -2.18. The molecule has 0 aromatic heterocycles. The van der Waals surface area contributed by atoms with Crippen LogP contribution in [0.2, 0.25) is 0 Å². The van der Waals surface area contributed by atoms with E-state index in [0.717, 1.165) is 89.9 Å². The number of esters is 3. The Balaban J connectivity index is 4.46. The first kappa shape index (κ1) is 62.1. The minimum atomic E-state index is -0.805. The summed E-state index contributed by atoms with van der Waals surface area (Å²) in [6, 6.07) is 0. The molecule has 0 fully saturated rings. The lowest BCUT2D eigenvalue weighted by molar-refractivity contribution is -0.167. The normalized spacial score (nSPS) is 13.0. The molecule has 0 saturated carbocycles. The molecule has 0 aliphatic carbocycles. The van der Waals surface area contributed by atoms with Gasteiger partial charge in [-0.3, -0.25) is 14.4 Å². The topological polar surface area (TPSA) is 78.9 Å². The number of hydrogen-bond donors (Lipinski definition) is 0. The van der Waals surface area contributed by atoms with Gasteiger partial charge in [0.05, 0.1) is 0 Å². The summed E-state index contributed by atoms with van der Waals surface area (Å²) in [4.78, 5) is 38.0. The van der Waals surface area contributed by atoms with Crippen molar-refractivity contribution in [3.05, 3.63) is 109 Å². The van der Waals surface area contributed by atoms with E-state index >= 15 is 0 Å². The van der Waals surface area contributed by atoms with E-state index in [9.17, 15) is 14.4 Å². The van der Waals surface area contributed by atoms with Crippen LogP contribution in [0.25, 0.3) is 0 Å². The molecule has 0 aliphatic heterocycles. The van der Waals surface area contributed by atoms with Crippen LogP contribution < -0.4 is 0 Å². The number of rotatable bonds is 47. The third-order valence-electron chi connectivity index (χ3n) is 11.2. The molecule has 0 aliphatic rings. The van der Waals surface area contributed by atoms with E-state index in [1.54, 1.807) is 0 Å². The van der Waals surface area contributed by atoms with Gasteiger partial charge in [0.2, 0.25) is 0 Å². The number of hydrogen-bond acceptors (Lipinski definition) is 6. The van der Waals surface area contributed by atoms with Crippen LogP contribution in [-0.4, -0.2) is 37.2 Å². The second-order valence-electron chi connectivity index (χ2n) is 17.6. The summed E-state index contributed by atoms with van der Waals surface area (Å²) in [6.07, 6.45) is 72.2. The van der Waals surface area contributed by atoms with Crippen molar-refractivity contribution in [1.29, 1.82) is 0 Å². The summed E-state index contributed by atoms with van der Waals surface area (Å²) in [5.74, 6) is -0.969. The molecule has 0 saturated heterocycles. The molecule has 374 valence electrons. The Morgan fingerprint density at radius 2 is 0.621 bits per heavy atom. The lowest BCUT2D eigenvalue weighted by atomic mass is 10.1. The molecular formula is C60H98O6. The van der Waals surface area contributed by atoms with Crippen molar-refractivity contribution in [2.45, 2.75) is 239 Å². The summed E-state index contributed by atoms with van der Waals surface area (Å²) < 4.78 is 16.8. The number of ether oxygens (including phenoxy) is 3. The van der Waals surface area contributed by atoms with Gasteiger partial charge < -0.3 is 14.2 Å². The molecule has 6 nitrogen and oxygen atoms in total. The third kappa shape index (κ3) is 51.1. The average molecular weight is 915 g/mol. The summed E-state index contributed by atoms with van der Waals surface area (Å²) >= 11 is 0. The Morgan fingerprint density at radius 3 is 1.03 bits per heavy atom. The molecule has 66 heavy (non-hydrogen) atoms. The second kappa shape index (κ2) is 53.7. The zero-order chi connectivity index (χ0) is 47.9. The van der Waals surface area contributed by atoms with Gasteiger partial charge in [0.25, 0.3) is 0 Å². The van der Waals surface area contributed by atoms with Crippen molar-refractivity contribution in [2.24, 2.45) is 0 Å². The van der Waals surface area contributed by atoms with Crippen molar-refractivity contribution < 1.29 is 28.6 Å². The third-order valence-corrected chi connectivity index (χ3v) is 11.2. The highest BCUT2D eigenvalue weighted by molar-refractivity contribution is 5.71. The predicted molar refractivity (Wildman–Crippen MR) is 283 cm³/mol. The quantitative estimate of drug-likeness (QED) is 0.0199. The van der Waals surface area contributed by atoms with E-state index < -0.39 is 6.10 Å². The summed E-state index contributed by atoms with van der Waals surface area (Å²) in [5.41, 5.74) is 0. The molecule has 0 spiro atoms. The zero-order valence-corrected chi connectivity index (χ0v) is 42.7. The van der Waals surface area contributed by atoms with E-state index in [0.29, 0.717) is 19.3 Å². The van der Waals surface area contributed by atoms with E-state index in [-0.39, 0.29) is 31.1 Å². The van der Waals surface area contributed by atoms with Crippen LogP contribution in [0.4, 0.5) is 0 Å². The van der Waals surface area contributed by atoms with Gasteiger partial charge in [0.15, 0.2) is 6.10 Å². The van der Waals surface area contributed by atoms with Crippen LogP contribution in [0.3, 0.4) is 0 Å². The van der Waals surface area contributed by atoms with Crippen molar-refractivity contribution in [1.82, 2.24) is 0 Å². The zero-order valence-electron chi connectivity index (χ0n) is 42.7. The van der Waals surface area contributed by atoms with E-state index in [2.05, 4.69) is 57.2 Å². The molecule has 0 aromatic carbocycles. The largest absolute Gasteiger partial charge is 0.462 e. The summed E-state index contributed by atoms with van der Waals surface area (Å²) in [5, 5.41) is 0. The molecule has 0 N–H and O–H groups in total. The van der Waals surface area contributed by atoms with Crippen LogP contribution in [0, 0.1) is 0 Å².